The average Bonchev–Trinajstić information content (AvgIpc) is 3.18. The van der Waals surface area contributed by atoms with E-state index in [4.69, 9.17) is 9.72 Å². The van der Waals surface area contributed by atoms with Gasteiger partial charge in [0, 0.05) is 36.6 Å². The molecule has 5 nitrogen and oxygen atoms in total. The topological polar surface area (TPSA) is 45.7 Å². The number of benzene rings is 2. The Hall–Kier alpha value is -1.93. The van der Waals surface area contributed by atoms with Gasteiger partial charge >= 0.3 is 0 Å². The number of aromatic nitrogens is 1. The van der Waals surface area contributed by atoms with Crippen molar-refractivity contribution >= 4 is 44.4 Å². The van der Waals surface area contributed by atoms with Crippen molar-refractivity contribution in [3.8, 4) is 0 Å². The molecule has 1 aliphatic rings. The lowest BCUT2D eigenvalue weighted by molar-refractivity contribution is 0.0391. The second kappa shape index (κ2) is 9.47. The largest absolute Gasteiger partial charge is 0.379 e. The fourth-order valence-electron chi connectivity index (χ4n) is 3.74. The molecule has 2 aromatic carbocycles. The van der Waals surface area contributed by atoms with Gasteiger partial charge in [0.05, 0.1) is 23.4 Å². The van der Waals surface area contributed by atoms with E-state index in [2.05, 4.69) is 30.9 Å². The summed E-state index contributed by atoms with van der Waals surface area (Å²) in [6, 6.07) is 12.1. The summed E-state index contributed by atoms with van der Waals surface area (Å²) in [4.78, 5) is 23.7. The molecule has 0 aliphatic carbocycles. The highest BCUT2D eigenvalue weighted by atomic mass is 32.2. The van der Waals surface area contributed by atoms with Crippen LogP contribution in [0.25, 0.3) is 10.2 Å². The van der Waals surface area contributed by atoms with Crippen LogP contribution in [-0.2, 0) is 4.74 Å². The lowest BCUT2D eigenvalue weighted by Crippen LogP contribution is -2.43. The first-order valence-electron chi connectivity index (χ1n) is 10.2. The minimum atomic E-state index is 0.00703. The molecule has 1 aliphatic heterocycles. The minimum Gasteiger partial charge on any atom is -0.379 e. The number of aryl methyl sites for hydroxylation is 2. The molecule has 2 heterocycles. The fourth-order valence-corrected chi connectivity index (χ4v) is 5.36. The highest BCUT2D eigenvalue weighted by molar-refractivity contribution is 7.98. The Morgan fingerprint density at radius 1 is 1.23 bits per heavy atom. The number of amides is 1. The van der Waals surface area contributed by atoms with Crippen molar-refractivity contribution in [2.45, 2.75) is 18.7 Å². The molecule has 4 rings (SSSR count). The van der Waals surface area contributed by atoms with Gasteiger partial charge in [-0.15, -0.1) is 11.8 Å². The predicted molar refractivity (Wildman–Crippen MR) is 126 cm³/mol. The number of fused-ring (bicyclic) bond motifs is 1. The zero-order chi connectivity index (χ0) is 21.1. The minimum absolute atomic E-state index is 0.00703. The number of thiazole rings is 1. The van der Waals surface area contributed by atoms with Crippen molar-refractivity contribution in [1.29, 1.82) is 0 Å². The third-order valence-corrected chi connectivity index (χ3v) is 7.11. The van der Waals surface area contributed by atoms with Gasteiger partial charge in [-0.3, -0.25) is 14.6 Å². The van der Waals surface area contributed by atoms with Gasteiger partial charge in [-0.05, 0) is 55.5 Å². The Balaban J connectivity index is 1.67. The lowest BCUT2D eigenvalue weighted by Gasteiger charge is -2.29. The van der Waals surface area contributed by atoms with E-state index in [1.165, 1.54) is 5.56 Å². The molecule has 1 aromatic heterocycles. The van der Waals surface area contributed by atoms with Gasteiger partial charge in [0.15, 0.2) is 5.13 Å². The molecule has 7 heteroatoms. The van der Waals surface area contributed by atoms with Gasteiger partial charge in [0.2, 0.25) is 0 Å². The van der Waals surface area contributed by atoms with Crippen molar-refractivity contribution in [3.63, 3.8) is 0 Å². The van der Waals surface area contributed by atoms with E-state index < -0.39 is 0 Å². The summed E-state index contributed by atoms with van der Waals surface area (Å²) in [6.07, 6.45) is 2.03. The van der Waals surface area contributed by atoms with Crippen LogP contribution in [0.4, 0.5) is 5.13 Å². The maximum absolute atomic E-state index is 13.6. The van der Waals surface area contributed by atoms with Crippen molar-refractivity contribution in [2.75, 3.05) is 50.5 Å². The van der Waals surface area contributed by atoms with Crippen LogP contribution < -0.4 is 4.90 Å². The van der Waals surface area contributed by atoms with E-state index in [-0.39, 0.29) is 5.91 Å². The van der Waals surface area contributed by atoms with Crippen molar-refractivity contribution in [2.24, 2.45) is 0 Å². The van der Waals surface area contributed by atoms with Gasteiger partial charge in [-0.2, -0.15) is 0 Å². The number of hydrogen-bond donors (Lipinski definition) is 0. The van der Waals surface area contributed by atoms with Gasteiger partial charge < -0.3 is 4.74 Å². The Kier molecular flexibility index (Phi) is 6.73. The zero-order valence-corrected chi connectivity index (χ0v) is 19.3. The lowest BCUT2D eigenvalue weighted by atomic mass is 10.1. The first kappa shape index (κ1) is 21.3. The molecular weight excluding hydrogens is 414 g/mol. The predicted octanol–water partition coefficient (Wildman–Crippen LogP) is 4.61. The van der Waals surface area contributed by atoms with Crippen molar-refractivity contribution in [1.82, 2.24) is 9.88 Å². The number of morpholine rings is 1. The van der Waals surface area contributed by atoms with E-state index in [0.29, 0.717) is 12.1 Å². The number of carbonyl (C=O) groups is 1. The molecule has 30 heavy (non-hydrogen) atoms. The van der Waals surface area contributed by atoms with E-state index in [1.54, 1.807) is 23.1 Å². The summed E-state index contributed by atoms with van der Waals surface area (Å²) >= 11 is 3.24. The van der Waals surface area contributed by atoms with Crippen LogP contribution in [0, 0.1) is 13.8 Å². The smallest absolute Gasteiger partial charge is 0.260 e. The van der Waals surface area contributed by atoms with Gasteiger partial charge in [-0.25, -0.2) is 4.98 Å². The highest BCUT2D eigenvalue weighted by Crippen LogP contribution is 2.32. The molecule has 0 N–H and O–H groups in total. The fraction of sp³-hybridized carbons (Fsp3) is 0.391. The van der Waals surface area contributed by atoms with Gasteiger partial charge in [-0.1, -0.05) is 23.5 Å². The Morgan fingerprint density at radius 2 is 2.03 bits per heavy atom. The van der Waals surface area contributed by atoms with E-state index >= 15 is 0 Å². The molecule has 3 aromatic rings. The third kappa shape index (κ3) is 4.70. The number of hydrogen-bond acceptors (Lipinski definition) is 6. The van der Waals surface area contributed by atoms with Gasteiger partial charge in [0.1, 0.15) is 0 Å². The number of rotatable bonds is 6. The zero-order valence-electron chi connectivity index (χ0n) is 17.7. The Morgan fingerprint density at radius 3 is 2.80 bits per heavy atom. The second-order valence-electron chi connectivity index (χ2n) is 7.57. The van der Waals surface area contributed by atoms with Crippen LogP contribution in [0.3, 0.4) is 0 Å². The standard InChI is InChI=1S/C23H27N3O2S2/c1-16-13-17(2)21-20(14-16)30-23(24-21)26(8-7-25-9-11-28-12-10-25)22(27)18-5-4-6-19(15-18)29-3/h4-6,13-15H,7-12H2,1-3H3. The monoisotopic (exact) mass is 441 g/mol. The van der Waals surface area contributed by atoms with Crippen LogP contribution in [0.1, 0.15) is 21.5 Å². The van der Waals surface area contributed by atoms with Crippen LogP contribution in [0.2, 0.25) is 0 Å². The highest BCUT2D eigenvalue weighted by Gasteiger charge is 2.23. The van der Waals surface area contributed by atoms with E-state index in [0.717, 1.165) is 58.7 Å². The summed E-state index contributed by atoms with van der Waals surface area (Å²) in [5.41, 5.74) is 4.06. The number of carbonyl (C=O) groups excluding carboxylic acids is 1. The molecule has 158 valence electrons. The number of ether oxygens (including phenoxy) is 1. The quantitative estimate of drug-likeness (QED) is 0.523. The summed E-state index contributed by atoms with van der Waals surface area (Å²) in [6.45, 7) is 8.92. The van der Waals surface area contributed by atoms with Crippen LogP contribution in [0.5, 0.6) is 0 Å². The van der Waals surface area contributed by atoms with Crippen LogP contribution in [-0.4, -0.2) is 61.4 Å². The average molecular weight is 442 g/mol. The molecule has 0 unspecified atom stereocenters. The molecule has 0 saturated carbocycles. The van der Waals surface area contributed by atoms with Gasteiger partial charge in [0.25, 0.3) is 5.91 Å². The van der Waals surface area contributed by atoms with E-state index in [1.807, 2.05) is 35.4 Å². The maximum atomic E-state index is 13.6. The molecule has 0 atom stereocenters. The second-order valence-corrected chi connectivity index (χ2v) is 9.46. The summed E-state index contributed by atoms with van der Waals surface area (Å²) in [5.74, 6) is 0.00703. The van der Waals surface area contributed by atoms with E-state index in [9.17, 15) is 4.79 Å². The number of nitrogens with zero attached hydrogens (tertiary/aromatic N) is 3. The normalized spacial score (nSPS) is 14.9. The Labute approximate surface area is 186 Å². The maximum Gasteiger partial charge on any atom is 0.260 e. The Bertz CT molecular complexity index is 1040. The third-order valence-electron chi connectivity index (χ3n) is 5.35. The summed E-state index contributed by atoms with van der Waals surface area (Å²) in [5, 5.41) is 0.770. The number of thioether (sulfide) groups is 1. The summed E-state index contributed by atoms with van der Waals surface area (Å²) < 4.78 is 6.59. The molecule has 1 amide bonds. The SMILES string of the molecule is CSc1cccc(C(=O)N(CCN2CCOCC2)c2nc3c(C)cc(C)cc3s2)c1. The molecule has 0 radical (unpaired) electrons. The molecule has 0 spiro atoms. The molecule has 1 fully saturated rings. The van der Waals surface area contributed by atoms with Crippen molar-refractivity contribution in [3.05, 3.63) is 53.1 Å². The molecule has 1 saturated heterocycles. The van der Waals surface area contributed by atoms with Crippen molar-refractivity contribution < 1.29 is 9.53 Å². The number of anilines is 1. The molecule has 0 bridgehead atoms. The summed E-state index contributed by atoms with van der Waals surface area (Å²) in [7, 11) is 0. The first-order chi connectivity index (χ1) is 14.5. The molecular formula is C23H27N3O2S2. The van der Waals surface area contributed by atoms with Crippen LogP contribution in [0.15, 0.2) is 41.3 Å². The van der Waals surface area contributed by atoms with Crippen LogP contribution >= 0.6 is 23.1 Å². The first-order valence-corrected chi connectivity index (χ1v) is 12.2.